The molecule has 0 spiro atoms. The molecule has 5 rings (SSSR count). The van der Waals surface area contributed by atoms with Gasteiger partial charge in [-0.15, -0.1) is 0 Å². The average molecular weight is 408 g/mol. The van der Waals surface area contributed by atoms with Crippen LogP contribution in [0, 0.1) is 0 Å². The van der Waals surface area contributed by atoms with Crippen molar-refractivity contribution in [3.8, 4) is 0 Å². The van der Waals surface area contributed by atoms with Gasteiger partial charge >= 0.3 is 5.97 Å². The Balaban J connectivity index is 1.43. The van der Waals surface area contributed by atoms with Gasteiger partial charge in [-0.2, -0.15) is 10.2 Å². The predicted molar refractivity (Wildman–Crippen MR) is 110 cm³/mol. The molecule has 9 heteroatoms. The summed E-state index contributed by atoms with van der Waals surface area (Å²) in [6.45, 7) is 5.54. The second kappa shape index (κ2) is 7.47. The second-order valence-electron chi connectivity index (χ2n) is 7.64. The fourth-order valence-electron chi connectivity index (χ4n) is 4.27. The lowest BCUT2D eigenvalue weighted by atomic mass is 10.1. The molecule has 2 aliphatic heterocycles. The lowest BCUT2D eigenvalue weighted by Crippen LogP contribution is -2.39. The fourth-order valence-corrected chi connectivity index (χ4v) is 4.27. The maximum atomic E-state index is 13.4. The molecule has 0 atom stereocenters. The first-order chi connectivity index (χ1) is 14.7. The van der Waals surface area contributed by atoms with Gasteiger partial charge in [0.05, 0.1) is 48.9 Å². The molecule has 1 fully saturated rings. The molecule has 2 aliphatic rings. The number of carbonyl (C=O) groups is 2. The van der Waals surface area contributed by atoms with Gasteiger partial charge in [-0.3, -0.25) is 9.48 Å². The van der Waals surface area contributed by atoms with Crippen LogP contribution in [0.3, 0.4) is 0 Å². The summed E-state index contributed by atoms with van der Waals surface area (Å²) >= 11 is 0. The van der Waals surface area contributed by atoms with Crippen molar-refractivity contribution < 1.29 is 14.3 Å². The van der Waals surface area contributed by atoms with Gasteiger partial charge in [0, 0.05) is 31.5 Å². The summed E-state index contributed by atoms with van der Waals surface area (Å²) in [5.41, 5.74) is 3.62. The maximum absolute atomic E-state index is 13.4. The second-order valence-corrected chi connectivity index (χ2v) is 7.64. The van der Waals surface area contributed by atoms with E-state index in [4.69, 9.17) is 4.74 Å². The highest BCUT2D eigenvalue weighted by Crippen LogP contribution is 2.25. The van der Waals surface area contributed by atoms with Crippen LogP contribution < -0.4 is 4.90 Å². The minimum absolute atomic E-state index is 0.0918. The largest absolute Gasteiger partial charge is 0.462 e. The molecule has 9 nitrogen and oxygen atoms in total. The van der Waals surface area contributed by atoms with Crippen molar-refractivity contribution in [1.29, 1.82) is 0 Å². The summed E-state index contributed by atoms with van der Waals surface area (Å²) in [5, 5.41) is 8.64. The average Bonchev–Trinajstić information content (AvgIpc) is 3.51. The number of anilines is 1. The van der Waals surface area contributed by atoms with E-state index in [0.717, 1.165) is 24.3 Å². The molecule has 0 N–H and O–H groups in total. The van der Waals surface area contributed by atoms with Gasteiger partial charge in [-0.1, -0.05) is 0 Å². The number of esters is 1. The lowest BCUT2D eigenvalue weighted by molar-refractivity contribution is 0.0518. The van der Waals surface area contributed by atoms with Gasteiger partial charge in [0.2, 0.25) is 0 Å². The molecule has 0 aliphatic carbocycles. The van der Waals surface area contributed by atoms with E-state index in [1.165, 1.54) is 19.0 Å². The third kappa shape index (κ3) is 3.10. The highest BCUT2D eigenvalue weighted by atomic mass is 16.5. The minimum Gasteiger partial charge on any atom is -0.462 e. The van der Waals surface area contributed by atoms with Crippen LogP contribution in [-0.4, -0.2) is 62.4 Å². The molecular weight excluding hydrogens is 384 g/mol. The summed E-state index contributed by atoms with van der Waals surface area (Å²) in [6.07, 6.45) is 7.45. The zero-order valence-corrected chi connectivity index (χ0v) is 17.0. The number of ether oxygens (including phenoxy) is 1. The molecule has 0 radical (unpaired) electrons. The number of pyridine rings is 1. The maximum Gasteiger partial charge on any atom is 0.341 e. The van der Waals surface area contributed by atoms with Crippen LogP contribution in [0.5, 0.6) is 0 Å². The smallest absolute Gasteiger partial charge is 0.341 e. The summed E-state index contributed by atoms with van der Waals surface area (Å²) in [4.78, 5) is 29.7. The van der Waals surface area contributed by atoms with Crippen LogP contribution in [0.4, 0.5) is 5.69 Å². The predicted octanol–water partition coefficient (Wildman–Crippen LogP) is 1.96. The van der Waals surface area contributed by atoms with Crippen molar-refractivity contribution >= 4 is 23.1 Å². The van der Waals surface area contributed by atoms with Crippen molar-refractivity contribution in [2.45, 2.75) is 32.9 Å². The van der Waals surface area contributed by atoms with Crippen LogP contribution in [0.1, 0.15) is 46.2 Å². The molecule has 0 unspecified atom stereocenters. The van der Waals surface area contributed by atoms with E-state index in [1.807, 2.05) is 18.3 Å². The number of rotatable bonds is 4. The number of carbonyl (C=O) groups excluding carboxylic acids is 2. The van der Waals surface area contributed by atoms with Crippen molar-refractivity contribution in [3.63, 3.8) is 0 Å². The third-order valence-electron chi connectivity index (χ3n) is 5.86. The Hall–Kier alpha value is -3.36. The fraction of sp³-hybridized carbons (Fsp3) is 0.429. The topological polar surface area (TPSA) is 85.0 Å². The highest BCUT2D eigenvalue weighted by Gasteiger charge is 2.29. The number of hydrogen-bond donors (Lipinski definition) is 0. The monoisotopic (exact) mass is 408 g/mol. The molecular formula is C21H24N6O3. The molecule has 0 saturated carbocycles. The molecule has 0 bridgehead atoms. The number of aromatic nitrogens is 4. The molecule has 3 aromatic rings. The van der Waals surface area contributed by atoms with Crippen molar-refractivity contribution in [2.75, 3.05) is 31.1 Å². The van der Waals surface area contributed by atoms with Gasteiger partial charge in [-0.25, -0.2) is 9.31 Å². The molecule has 1 saturated heterocycles. The summed E-state index contributed by atoms with van der Waals surface area (Å²) in [6, 6.07) is 4.09. The Morgan fingerprint density at radius 3 is 2.67 bits per heavy atom. The molecule has 156 valence electrons. The van der Waals surface area contributed by atoms with Crippen LogP contribution in [0.25, 0.3) is 5.52 Å². The molecule has 0 aromatic carbocycles. The summed E-state index contributed by atoms with van der Waals surface area (Å²) in [7, 11) is 0. The van der Waals surface area contributed by atoms with E-state index in [9.17, 15) is 9.59 Å². The molecule has 5 heterocycles. The zero-order chi connectivity index (χ0) is 20.7. The van der Waals surface area contributed by atoms with E-state index in [-0.39, 0.29) is 5.91 Å². The van der Waals surface area contributed by atoms with Crippen LogP contribution in [0.15, 0.2) is 30.7 Å². The quantitative estimate of drug-likeness (QED) is 0.614. The van der Waals surface area contributed by atoms with Crippen molar-refractivity contribution in [3.05, 3.63) is 47.5 Å². The first kappa shape index (κ1) is 18.7. The van der Waals surface area contributed by atoms with E-state index in [0.29, 0.717) is 43.1 Å². The Morgan fingerprint density at radius 1 is 1.07 bits per heavy atom. The minimum atomic E-state index is -0.403. The Morgan fingerprint density at radius 2 is 1.87 bits per heavy atom. The third-order valence-corrected chi connectivity index (χ3v) is 5.86. The van der Waals surface area contributed by atoms with Crippen LogP contribution in [0.2, 0.25) is 0 Å². The first-order valence-corrected chi connectivity index (χ1v) is 10.4. The van der Waals surface area contributed by atoms with Gasteiger partial charge < -0.3 is 14.5 Å². The van der Waals surface area contributed by atoms with E-state index < -0.39 is 5.97 Å². The Kier molecular flexibility index (Phi) is 4.65. The van der Waals surface area contributed by atoms with E-state index in [1.54, 1.807) is 27.2 Å². The Labute approximate surface area is 173 Å². The zero-order valence-electron chi connectivity index (χ0n) is 17.0. The number of fused-ring (bicyclic) bond motifs is 2. The SMILES string of the molecule is CCOC(=O)c1cnn2c1CN(C(=O)c1cnn3ccc(N4CCCC4)cc13)CC2. The Bertz CT molecular complexity index is 1110. The normalized spacial score (nSPS) is 16.2. The molecule has 3 aromatic heterocycles. The summed E-state index contributed by atoms with van der Waals surface area (Å²) in [5.74, 6) is -0.495. The first-order valence-electron chi connectivity index (χ1n) is 10.4. The van der Waals surface area contributed by atoms with Crippen LogP contribution >= 0.6 is 0 Å². The lowest BCUT2D eigenvalue weighted by Gasteiger charge is -2.28. The van der Waals surface area contributed by atoms with E-state index >= 15 is 0 Å². The van der Waals surface area contributed by atoms with Crippen LogP contribution in [-0.2, 0) is 17.8 Å². The van der Waals surface area contributed by atoms with Gasteiger partial charge in [-0.05, 0) is 31.9 Å². The highest BCUT2D eigenvalue weighted by molar-refractivity contribution is 6.01. The summed E-state index contributed by atoms with van der Waals surface area (Å²) < 4.78 is 8.64. The molecule has 30 heavy (non-hydrogen) atoms. The molecule has 1 amide bonds. The van der Waals surface area contributed by atoms with Crippen molar-refractivity contribution in [1.82, 2.24) is 24.3 Å². The number of amides is 1. The standard InChI is InChI=1S/C21H24N6O3/c1-2-30-21(29)17-13-23-27-10-9-25(14-19(17)27)20(28)16-12-22-26-8-5-15(11-18(16)26)24-6-3-4-7-24/h5,8,11-13H,2-4,6-7,9-10,14H2,1H3. The van der Waals surface area contributed by atoms with Crippen molar-refractivity contribution in [2.24, 2.45) is 0 Å². The van der Waals surface area contributed by atoms with Gasteiger partial charge in [0.1, 0.15) is 5.56 Å². The van der Waals surface area contributed by atoms with Gasteiger partial charge in [0.15, 0.2) is 0 Å². The van der Waals surface area contributed by atoms with E-state index in [2.05, 4.69) is 15.1 Å². The number of hydrogen-bond acceptors (Lipinski definition) is 6. The van der Waals surface area contributed by atoms with Gasteiger partial charge in [0.25, 0.3) is 5.91 Å². The number of nitrogens with zero attached hydrogens (tertiary/aromatic N) is 6.